The van der Waals surface area contributed by atoms with Crippen LogP contribution in [0.4, 0.5) is 0 Å². The highest BCUT2D eigenvalue weighted by Gasteiger charge is 2.05. The molecule has 0 fully saturated rings. The second-order valence-corrected chi connectivity index (χ2v) is 5.28. The number of alkyl halides is 1. The molecule has 96 valence electrons. The molecular weight excluding hydrogens is 291 g/mol. The summed E-state index contributed by atoms with van der Waals surface area (Å²) in [6, 6.07) is 3.50. The zero-order valence-electron chi connectivity index (χ0n) is 9.82. The summed E-state index contributed by atoms with van der Waals surface area (Å²) in [4.78, 5) is 9.66. The Morgan fingerprint density at radius 3 is 2.89 bits per heavy atom. The number of ether oxygens (including phenoxy) is 1. The molecular formula is C12H12Cl2N2OS. The van der Waals surface area contributed by atoms with Crippen molar-refractivity contribution in [1.29, 1.82) is 0 Å². The van der Waals surface area contributed by atoms with Crippen molar-refractivity contribution in [2.75, 3.05) is 6.61 Å². The van der Waals surface area contributed by atoms with Crippen molar-refractivity contribution in [3.05, 3.63) is 38.9 Å². The number of aromatic nitrogens is 2. The summed E-state index contributed by atoms with van der Waals surface area (Å²) >= 11 is 13.3. The summed E-state index contributed by atoms with van der Waals surface area (Å²) in [5.74, 6) is 0.835. The Balaban J connectivity index is 1.92. The molecule has 0 saturated heterocycles. The highest BCUT2D eigenvalue weighted by Crippen LogP contribution is 2.20. The van der Waals surface area contributed by atoms with Gasteiger partial charge in [0.25, 0.3) is 0 Å². The molecule has 0 atom stereocenters. The van der Waals surface area contributed by atoms with Gasteiger partial charge in [0.15, 0.2) is 0 Å². The molecule has 0 aliphatic rings. The van der Waals surface area contributed by atoms with E-state index in [0.29, 0.717) is 23.2 Å². The van der Waals surface area contributed by atoms with E-state index in [9.17, 15) is 0 Å². The van der Waals surface area contributed by atoms with Crippen molar-refractivity contribution < 1.29 is 4.74 Å². The highest BCUT2D eigenvalue weighted by molar-refractivity contribution is 7.09. The summed E-state index contributed by atoms with van der Waals surface area (Å²) in [5, 5.41) is 0.565. The molecule has 0 aliphatic heterocycles. The molecule has 0 amide bonds. The van der Waals surface area contributed by atoms with E-state index in [1.807, 2.05) is 12.4 Å². The standard InChI is InChI=1S/C12H12Cl2N2OS/c1-8-11(18-7-15-8)4-5-17-12-3-2-9(14)10(6-13)16-12/h2-3,7H,4-6H2,1H3. The predicted molar refractivity (Wildman–Crippen MR) is 74.9 cm³/mol. The van der Waals surface area contributed by atoms with Crippen molar-refractivity contribution in [1.82, 2.24) is 9.97 Å². The molecule has 2 aromatic rings. The highest BCUT2D eigenvalue weighted by atomic mass is 35.5. The van der Waals surface area contributed by atoms with Crippen LogP contribution in [0.2, 0.25) is 5.02 Å². The van der Waals surface area contributed by atoms with Crippen LogP contribution in [-0.2, 0) is 12.3 Å². The van der Waals surface area contributed by atoms with Gasteiger partial charge in [-0.2, -0.15) is 0 Å². The van der Waals surface area contributed by atoms with Gasteiger partial charge in [0, 0.05) is 17.4 Å². The minimum atomic E-state index is 0.282. The molecule has 0 aromatic carbocycles. The third kappa shape index (κ3) is 3.34. The maximum Gasteiger partial charge on any atom is 0.213 e. The smallest absolute Gasteiger partial charge is 0.213 e. The van der Waals surface area contributed by atoms with Gasteiger partial charge in [-0.25, -0.2) is 9.97 Å². The fourth-order valence-electron chi connectivity index (χ4n) is 1.45. The first-order valence-electron chi connectivity index (χ1n) is 5.44. The fourth-order valence-corrected chi connectivity index (χ4v) is 2.66. The van der Waals surface area contributed by atoms with E-state index in [1.54, 1.807) is 23.5 Å². The number of hydrogen-bond donors (Lipinski definition) is 0. The van der Waals surface area contributed by atoms with E-state index >= 15 is 0 Å². The van der Waals surface area contributed by atoms with Crippen molar-refractivity contribution >= 4 is 34.5 Å². The van der Waals surface area contributed by atoms with Crippen molar-refractivity contribution in [2.45, 2.75) is 19.2 Å². The number of nitrogens with zero attached hydrogens (tertiary/aromatic N) is 2. The van der Waals surface area contributed by atoms with Crippen molar-refractivity contribution in [3.63, 3.8) is 0 Å². The van der Waals surface area contributed by atoms with Gasteiger partial charge in [-0.3, -0.25) is 0 Å². The summed E-state index contributed by atoms with van der Waals surface area (Å²) in [7, 11) is 0. The lowest BCUT2D eigenvalue weighted by Crippen LogP contribution is -2.03. The predicted octanol–water partition coefficient (Wildman–Crippen LogP) is 3.86. The van der Waals surface area contributed by atoms with Gasteiger partial charge >= 0.3 is 0 Å². The molecule has 0 spiro atoms. The van der Waals surface area contributed by atoms with Gasteiger partial charge in [-0.15, -0.1) is 22.9 Å². The first-order chi connectivity index (χ1) is 8.70. The Hall–Kier alpha value is -0.840. The number of aryl methyl sites for hydroxylation is 1. The minimum absolute atomic E-state index is 0.282. The second kappa shape index (κ2) is 6.36. The van der Waals surface area contributed by atoms with E-state index in [2.05, 4.69) is 9.97 Å². The largest absolute Gasteiger partial charge is 0.477 e. The molecule has 2 heterocycles. The zero-order valence-corrected chi connectivity index (χ0v) is 12.1. The average Bonchev–Trinajstić information content (AvgIpc) is 2.77. The van der Waals surface area contributed by atoms with Crippen LogP contribution >= 0.6 is 34.5 Å². The zero-order chi connectivity index (χ0) is 13.0. The van der Waals surface area contributed by atoms with Gasteiger partial charge in [0.2, 0.25) is 5.88 Å². The van der Waals surface area contributed by atoms with Crippen LogP contribution in [0.15, 0.2) is 17.6 Å². The Morgan fingerprint density at radius 1 is 1.39 bits per heavy atom. The Morgan fingerprint density at radius 2 is 2.22 bits per heavy atom. The van der Waals surface area contributed by atoms with Crippen LogP contribution in [0.1, 0.15) is 16.3 Å². The third-order valence-corrected chi connectivity index (χ3v) is 4.04. The molecule has 0 N–H and O–H groups in total. The maximum absolute atomic E-state index is 5.92. The summed E-state index contributed by atoms with van der Waals surface area (Å²) in [5.41, 5.74) is 3.55. The molecule has 2 aromatic heterocycles. The van der Waals surface area contributed by atoms with Gasteiger partial charge in [-0.05, 0) is 13.0 Å². The van der Waals surface area contributed by atoms with Gasteiger partial charge in [-0.1, -0.05) is 11.6 Å². The molecule has 0 bridgehead atoms. The monoisotopic (exact) mass is 302 g/mol. The topological polar surface area (TPSA) is 35.0 Å². The van der Waals surface area contributed by atoms with Crippen LogP contribution in [0.25, 0.3) is 0 Å². The van der Waals surface area contributed by atoms with E-state index in [1.165, 1.54) is 4.88 Å². The molecule has 0 saturated carbocycles. The van der Waals surface area contributed by atoms with Crippen LogP contribution in [0.3, 0.4) is 0 Å². The van der Waals surface area contributed by atoms with Crippen LogP contribution in [0, 0.1) is 6.92 Å². The minimum Gasteiger partial charge on any atom is -0.477 e. The Labute approximate surface area is 120 Å². The number of rotatable bonds is 5. The summed E-state index contributed by atoms with van der Waals surface area (Å²) in [6.45, 7) is 2.57. The summed E-state index contributed by atoms with van der Waals surface area (Å²) < 4.78 is 5.58. The lowest BCUT2D eigenvalue weighted by atomic mass is 10.3. The van der Waals surface area contributed by atoms with Gasteiger partial charge in [0.1, 0.15) is 0 Å². The van der Waals surface area contributed by atoms with Gasteiger partial charge < -0.3 is 4.74 Å². The average molecular weight is 303 g/mol. The quantitative estimate of drug-likeness (QED) is 0.787. The van der Waals surface area contributed by atoms with E-state index in [-0.39, 0.29) is 5.88 Å². The first-order valence-corrected chi connectivity index (χ1v) is 7.23. The third-order valence-electron chi connectivity index (χ3n) is 2.44. The molecule has 3 nitrogen and oxygen atoms in total. The first kappa shape index (κ1) is 13.6. The van der Waals surface area contributed by atoms with E-state index in [0.717, 1.165) is 12.1 Å². The Kier molecular flexibility index (Phi) is 4.80. The Bertz CT molecular complexity index is 531. The fraction of sp³-hybridized carbons (Fsp3) is 0.333. The lowest BCUT2D eigenvalue weighted by Gasteiger charge is -2.06. The molecule has 18 heavy (non-hydrogen) atoms. The van der Waals surface area contributed by atoms with E-state index in [4.69, 9.17) is 27.9 Å². The number of halogens is 2. The molecule has 6 heteroatoms. The van der Waals surface area contributed by atoms with Crippen molar-refractivity contribution in [3.8, 4) is 5.88 Å². The molecule has 0 unspecified atom stereocenters. The molecule has 2 rings (SSSR count). The van der Waals surface area contributed by atoms with Crippen LogP contribution in [0.5, 0.6) is 5.88 Å². The van der Waals surface area contributed by atoms with E-state index < -0.39 is 0 Å². The number of hydrogen-bond acceptors (Lipinski definition) is 4. The van der Waals surface area contributed by atoms with Crippen LogP contribution < -0.4 is 4.74 Å². The molecule has 0 radical (unpaired) electrons. The number of thiazole rings is 1. The second-order valence-electron chi connectivity index (χ2n) is 3.67. The lowest BCUT2D eigenvalue weighted by molar-refractivity contribution is 0.309. The number of pyridine rings is 1. The van der Waals surface area contributed by atoms with Gasteiger partial charge in [0.05, 0.1) is 34.4 Å². The normalized spacial score (nSPS) is 10.6. The van der Waals surface area contributed by atoms with Crippen molar-refractivity contribution in [2.24, 2.45) is 0 Å². The summed E-state index contributed by atoms with van der Waals surface area (Å²) in [6.07, 6.45) is 0.830. The van der Waals surface area contributed by atoms with Crippen LogP contribution in [-0.4, -0.2) is 16.6 Å². The maximum atomic E-state index is 5.92. The molecule has 0 aliphatic carbocycles. The SMILES string of the molecule is Cc1ncsc1CCOc1ccc(Cl)c(CCl)n1.